The summed E-state index contributed by atoms with van der Waals surface area (Å²) >= 11 is 0.578. The van der Waals surface area contributed by atoms with Gasteiger partial charge in [-0.1, -0.05) is 0 Å². The summed E-state index contributed by atoms with van der Waals surface area (Å²) in [4.78, 5) is 33.2. The summed E-state index contributed by atoms with van der Waals surface area (Å²) in [5.41, 5.74) is 4.21. The highest BCUT2D eigenvalue weighted by Crippen LogP contribution is 2.44. The van der Waals surface area contributed by atoms with Crippen molar-refractivity contribution in [2.24, 2.45) is 5.73 Å². The van der Waals surface area contributed by atoms with Crippen LogP contribution in [0.5, 0.6) is 0 Å². The van der Waals surface area contributed by atoms with E-state index in [0.717, 1.165) is 22.8 Å². The lowest BCUT2D eigenvalue weighted by atomic mass is 10.0. The molecular formula is C24H19F5N8O2S. The first-order valence-corrected chi connectivity index (χ1v) is 12.5. The Hall–Kier alpha value is -4.47. The second-order valence-corrected chi connectivity index (χ2v) is 9.76. The second-order valence-electron chi connectivity index (χ2n) is 8.76. The Kier molecular flexibility index (Phi) is 6.52. The summed E-state index contributed by atoms with van der Waals surface area (Å²) in [6.45, 7) is 5.30. The molecule has 0 fully saturated rings. The van der Waals surface area contributed by atoms with Crippen molar-refractivity contribution in [3.05, 3.63) is 57.7 Å². The zero-order valence-corrected chi connectivity index (χ0v) is 21.8. The van der Waals surface area contributed by atoms with Gasteiger partial charge in [0.05, 0.1) is 17.6 Å². The van der Waals surface area contributed by atoms with Crippen LogP contribution in [0.25, 0.3) is 27.0 Å². The number of nitrogens with two attached hydrogens (primary N) is 1. The van der Waals surface area contributed by atoms with Gasteiger partial charge in [0.1, 0.15) is 26.7 Å². The number of carbonyl (C=O) groups excluding carboxylic acids is 2. The van der Waals surface area contributed by atoms with Crippen molar-refractivity contribution in [3.8, 4) is 11.1 Å². The predicted octanol–water partition coefficient (Wildman–Crippen LogP) is 5.15. The van der Waals surface area contributed by atoms with E-state index in [4.69, 9.17) is 5.73 Å². The van der Waals surface area contributed by atoms with E-state index in [9.17, 15) is 31.5 Å². The van der Waals surface area contributed by atoms with Crippen LogP contribution in [0.2, 0.25) is 0 Å². The van der Waals surface area contributed by atoms with E-state index in [1.165, 1.54) is 11.6 Å². The lowest BCUT2D eigenvalue weighted by molar-refractivity contribution is -0.140. The normalized spacial score (nSPS) is 12.1. The molecule has 2 amide bonds. The van der Waals surface area contributed by atoms with Crippen molar-refractivity contribution < 1.29 is 31.5 Å². The summed E-state index contributed by atoms with van der Waals surface area (Å²) in [5, 5.41) is 10.7. The Morgan fingerprint density at radius 3 is 2.48 bits per heavy atom. The second kappa shape index (κ2) is 9.62. The third-order valence-corrected chi connectivity index (χ3v) is 7.17. The van der Waals surface area contributed by atoms with Crippen molar-refractivity contribution in [3.63, 3.8) is 0 Å². The van der Waals surface area contributed by atoms with E-state index in [1.807, 2.05) is 0 Å². The third-order valence-electron chi connectivity index (χ3n) is 6.07. The van der Waals surface area contributed by atoms with Crippen LogP contribution in [0.1, 0.15) is 56.2 Å². The summed E-state index contributed by atoms with van der Waals surface area (Å²) in [7, 11) is 0. The molecule has 0 spiro atoms. The highest BCUT2D eigenvalue weighted by atomic mass is 32.1. The quantitative estimate of drug-likeness (QED) is 0.268. The minimum atomic E-state index is -4.82. The fraction of sp³-hybridized carbons (Fsp3) is 0.250. The number of hydrogen-bond donors (Lipinski definition) is 2. The standard InChI is InChI=1S/C24H19F5N8O2S/c1-4-36-8-13(10(3)35-36)11-6-15(24(27,28)29)33-23-16(11)17(18(40-23)20(30)38)34-22(39)12-7-31-37-14(19(25)26)5-9(2)32-21(12)37/h5-8,19H,4H2,1-3H3,(H2,30,38)(H,34,39). The number of fused-ring (bicyclic) bond motifs is 2. The average molecular weight is 579 g/mol. The maximum atomic E-state index is 13.8. The van der Waals surface area contributed by atoms with Crippen molar-refractivity contribution in [1.29, 1.82) is 0 Å². The van der Waals surface area contributed by atoms with Crippen molar-refractivity contribution in [2.75, 3.05) is 5.32 Å². The van der Waals surface area contributed by atoms with Crippen LogP contribution in [0, 0.1) is 13.8 Å². The van der Waals surface area contributed by atoms with Gasteiger partial charge in [-0.3, -0.25) is 14.3 Å². The van der Waals surface area contributed by atoms with Crippen LogP contribution >= 0.6 is 11.3 Å². The van der Waals surface area contributed by atoms with E-state index in [0.29, 0.717) is 29.1 Å². The number of nitrogens with one attached hydrogen (secondary N) is 1. The number of carbonyl (C=O) groups is 2. The van der Waals surface area contributed by atoms with Gasteiger partial charge >= 0.3 is 6.18 Å². The Balaban J connectivity index is 1.74. The number of aryl methyl sites for hydroxylation is 3. The van der Waals surface area contributed by atoms with Crippen LogP contribution in [-0.2, 0) is 12.7 Å². The number of alkyl halides is 5. The maximum absolute atomic E-state index is 13.8. The van der Waals surface area contributed by atoms with Gasteiger partial charge in [0.25, 0.3) is 18.2 Å². The summed E-state index contributed by atoms with van der Waals surface area (Å²) in [6, 6.07) is 1.94. The van der Waals surface area contributed by atoms with E-state index in [1.54, 1.807) is 20.0 Å². The molecule has 10 nitrogen and oxygen atoms in total. The van der Waals surface area contributed by atoms with Gasteiger partial charge in [-0.15, -0.1) is 11.3 Å². The number of aromatic nitrogens is 6. The lowest BCUT2D eigenvalue weighted by Crippen LogP contribution is -2.17. The van der Waals surface area contributed by atoms with Crippen molar-refractivity contribution in [1.82, 2.24) is 29.4 Å². The highest BCUT2D eigenvalue weighted by molar-refractivity contribution is 7.21. The molecule has 0 unspecified atom stereocenters. The molecule has 0 aliphatic carbocycles. The number of pyridine rings is 1. The molecular weight excluding hydrogens is 559 g/mol. The number of anilines is 1. The van der Waals surface area contributed by atoms with Crippen LogP contribution in [0.3, 0.4) is 0 Å². The topological polar surface area (TPSA) is 133 Å². The smallest absolute Gasteiger partial charge is 0.365 e. The van der Waals surface area contributed by atoms with Gasteiger partial charge in [-0.05, 0) is 38.5 Å². The van der Waals surface area contributed by atoms with Gasteiger partial charge in [-0.25, -0.2) is 23.3 Å². The number of nitrogens with zero attached hydrogens (tertiary/aromatic N) is 6. The number of rotatable bonds is 6. The molecule has 0 saturated heterocycles. The van der Waals surface area contributed by atoms with Gasteiger partial charge in [0.15, 0.2) is 5.65 Å². The van der Waals surface area contributed by atoms with Gasteiger partial charge in [0.2, 0.25) is 0 Å². The maximum Gasteiger partial charge on any atom is 0.433 e. The Labute approximate surface area is 225 Å². The number of amides is 2. The minimum Gasteiger partial charge on any atom is -0.365 e. The van der Waals surface area contributed by atoms with Crippen molar-refractivity contribution >= 4 is 44.7 Å². The molecule has 5 aromatic rings. The predicted molar refractivity (Wildman–Crippen MR) is 135 cm³/mol. The van der Waals surface area contributed by atoms with Crippen molar-refractivity contribution in [2.45, 2.75) is 39.9 Å². The van der Waals surface area contributed by atoms with Crippen LogP contribution in [0.4, 0.5) is 27.6 Å². The minimum absolute atomic E-state index is 0.0161. The molecule has 3 N–H and O–H groups in total. The van der Waals surface area contributed by atoms with E-state index in [2.05, 4.69) is 25.5 Å². The SMILES string of the molecule is CCn1cc(-c2cc(C(F)(F)F)nc3sc(C(N)=O)c(NC(=O)c4cnn5c(C(F)F)cc(C)nc45)c23)c(C)n1. The number of halogens is 5. The third kappa shape index (κ3) is 4.53. The summed E-state index contributed by atoms with van der Waals surface area (Å²) < 4.78 is 70.9. The van der Waals surface area contributed by atoms with Gasteiger partial charge in [-0.2, -0.15) is 23.4 Å². The molecule has 0 saturated carbocycles. The molecule has 40 heavy (non-hydrogen) atoms. The molecule has 0 bridgehead atoms. The van der Waals surface area contributed by atoms with Crippen LogP contribution in [-0.4, -0.2) is 41.2 Å². The number of thiophene rings is 1. The molecule has 5 heterocycles. The molecule has 0 aliphatic heterocycles. The zero-order valence-electron chi connectivity index (χ0n) is 21.0. The molecule has 208 valence electrons. The molecule has 16 heteroatoms. The van der Waals surface area contributed by atoms with Crippen LogP contribution < -0.4 is 11.1 Å². The molecule has 5 aromatic heterocycles. The van der Waals surface area contributed by atoms with E-state index >= 15 is 0 Å². The largest absolute Gasteiger partial charge is 0.433 e. The fourth-order valence-corrected chi connectivity index (χ4v) is 5.31. The molecule has 0 aliphatic rings. The van der Waals surface area contributed by atoms with Crippen LogP contribution in [0.15, 0.2) is 24.5 Å². The monoisotopic (exact) mass is 578 g/mol. The zero-order chi connectivity index (χ0) is 29.1. The van der Waals surface area contributed by atoms with E-state index < -0.39 is 35.8 Å². The Morgan fingerprint density at radius 1 is 1.15 bits per heavy atom. The fourth-order valence-electron chi connectivity index (χ4n) is 4.30. The average Bonchev–Trinajstić information content (AvgIpc) is 3.57. The lowest BCUT2D eigenvalue weighted by Gasteiger charge is -2.12. The Bertz CT molecular complexity index is 1820. The summed E-state index contributed by atoms with van der Waals surface area (Å²) in [5.74, 6) is -1.92. The first-order chi connectivity index (χ1) is 18.8. The highest BCUT2D eigenvalue weighted by Gasteiger charge is 2.35. The molecule has 0 atom stereocenters. The first-order valence-electron chi connectivity index (χ1n) is 11.6. The Morgan fingerprint density at radius 2 is 1.88 bits per heavy atom. The van der Waals surface area contributed by atoms with E-state index in [-0.39, 0.29) is 43.2 Å². The first kappa shape index (κ1) is 27.1. The van der Waals surface area contributed by atoms with Gasteiger partial charge in [0, 0.05) is 29.4 Å². The number of primary amides is 1. The number of hydrogen-bond acceptors (Lipinski definition) is 7. The molecule has 0 aromatic carbocycles. The summed E-state index contributed by atoms with van der Waals surface area (Å²) in [6.07, 6.45) is -5.16. The van der Waals surface area contributed by atoms with Gasteiger partial charge < -0.3 is 11.1 Å². The molecule has 0 radical (unpaired) electrons. The molecule has 5 rings (SSSR count).